The highest BCUT2D eigenvalue weighted by Crippen LogP contribution is 2.32. The Kier molecular flexibility index (Phi) is 6.57. The van der Waals surface area contributed by atoms with E-state index in [2.05, 4.69) is 4.99 Å². The van der Waals surface area contributed by atoms with Gasteiger partial charge < -0.3 is 9.47 Å². The number of hydrogen-bond donors (Lipinski definition) is 0. The average Bonchev–Trinajstić information content (AvgIpc) is 2.73. The molecule has 3 aromatic rings. The van der Waals surface area contributed by atoms with Crippen molar-refractivity contribution < 1.29 is 22.6 Å². The van der Waals surface area contributed by atoms with Crippen LogP contribution in [0.25, 0.3) is 0 Å². The van der Waals surface area contributed by atoms with Crippen LogP contribution in [-0.4, -0.2) is 12.1 Å². The molecule has 3 rings (SSSR count). The molecule has 0 radical (unpaired) electrons. The molecule has 0 aliphatic carbocycles. The molecule has 0 fully saturated rings. The van der Waals surface area contributed by atoms with E-state index in [0.717, 1.165) is 5.56 Å². The minimum atomic E-state index is -4.74. The summed E-state index contributed by atoms with van der Waals surface area (Å²) in [4.78, 5) is 4.30. The van der Waals surface area contributed by atoms with Gasteiger partial charge in [-0.3, -0.25) is 0 Å². The molecule has 6 heteroatoms. The van der Waals surface area contributed by atoms with E-state index >= 15 is 0 Å². The third kappa shape index (κ3) is 5.73. The highest BCUT2D eigenvalue weighted by atomic mass is 19.4. The molecule has 30 heavy (non-hydrogen) atoms. The first-order valence-electron chi connectivity index (χ1n) is 9.22. The molecule has 3 nitrogen and oxygen atoms in total. The Labute approximate surface area is 173 Å². The fourth-order valence-electron chi connectivity index (χ4n) is 2.57. The summed E-state index contributed by atoms with van der Waals surface area (Å²) in [5.41, 5.74) is 1.10. The van der Waals surface area contributed by atoms with Gasteiger partial charge in [0.1, 0.15) is 11.5 Å². The third-order valence-corrected chi connectivity index (χ3v) is 4.10. The van der Waals surface area contributed by atoms with Gasteiger partial charge in [-0.25, -0.2) is 4.99 Å². The van der Waals surface area contributed by atoms with Crippen LogP contribution in [0.3, 0.4) is 0 Å². The predicted octanol–water partition coefficient (Wildman–Crippen LogP) is 7.02. The predicted molar refractivity (Wildman–Crippen MR) is 111 cm³/mol. The van der Waals surface area contributed by atoms with E-state index in [1.807, 2.05) is 6.92 Å². The van der Waals surface area contributed by atoms with Crippen LogP contribution in [0.5, 0.6) is 11.5 Å². The zero-order valence-electron chi connectivity index (χ0n) is 16.5. The van der Waals surface area contributed by atoms with Crippen LogP contribution < -0.4 is 9.47 Å². The van der Waals surface area contributed by atoms with Gasteiger partial charge in [0.05, 0.1) is 11.3 Å². The van der Waals surface area contributed by atoms with Crippen molar-refractivity contribution in [3.8, 4) is 11.5 Å². The van der Waals surface area contributed by atoms with Crippen molar-refractivity contribution in [3.05, 3.63) is 102 Å². The smallest absolute Gasteiger partial charge is 0.450 e. The average molecular weight is 411 g/mol. The number of halogens is 3. The summed E-state index contributed by atoms with van der Waals surface area (Å²) in [7, 11) is 0. The first kappa shape index (κ1) is 21.2. The summed E-state index contributed by atoms with van der Waals surface area (Å²) in [6, 6.07) is 23.5. The number of nitrogens with zero attached hydrogens (tertiary/aromatic N) is 1. The summed E-state index contributed by atoms with van der Waals surface area (Å²) in [6.07, 6.45) is -4.74. The lowest BCUT2D eigenvalue weighted by molar-refractivity contribution is -0.117. The van der Waals surface area contributed by atoms with E-state index in [9.17, 15) is 13.2 Å². The summed E-state index contributed by atoms with van der Waals surface area (Å²) in [5.74, 6) is -0.946. The Bertz CT molecular complexity index is 1030. The number of aryl methyl sites for hydroxylation is 1. The fraction of sp³-hybridized carbons (Fsp3) is 0.125. The lowest BCUT2D eigenvalue weighted by Gasteiger charge is -2.18. The fourth-order valence-corrected chi connectivity index (χ4v) is 2.57. The van der Waals surface area contributed by atoms with E-state index in [1.165, 1.54) is 19.1 Å². The first-order valence-corrected chi connectivity index (χ1v) is 9.22. The Morgan fingerprint density at radius 2 is 1.27 bits per heavy atom. The largest absolute Gasteiger partial charge is 0.452 e. The lowest BCUT2D eigenvalue weighted by Crippen LogP contribution is -2.24. The maximum Gasteiger partial charge on any atom is 0.450 e. The minimum absolute atomic E-state index is 0.0750. The van der Waals surface area contributed by atoms with Crippen molar-refractivity contribution in [2.75, 3.05) is 0 Å². The van der Waals surface area contributed by atoms with Gasteiger partial charge in [0.2, 0.25) is 11.7 Å². The Morgan fingerprint density at radius 3 is 1.83 bits per heavy atom. The molecule has 0 N–H and O–H groups in total. The molecular formula is C24H20F3NO2. The minimum Gasteiger partial charge on any atom is -0.452 e. The van der Waals surface area contributed by atoms with Gasteiger partial charge in [0.15, 0.2) is 0 Å². The number of hydrogen-bond acceptors (Lipinski definition) is 3. The Hall–Kier alpha value is -3.54. The van der Waals surface area contributed by atoms with Crippen LogP contribution in [0.15, 0.2) is 101 Å². The summed E-state index contributed by atoms with van der Waals surface area (Å²) < 4.78 is 52.6. The van der Waals surface area contributed by atoms with Crippen LogP contribution in [0.2, 0.25) is 0 Å². The molecule has 0 aliphatic heterocycles. The van der Waals surface area contributed by atoms with Crippen molar-refractivity contribution in [1.82, 2.24) is 0 Å². The first-order chi connectivity index (χ1) is 14.3. The van der Waals surface area contributed by atoms with Crippen molar-refractivity contribution in [1.29, 1.82) is 0 Å². The van der Waals surface area contributed by atoms with Crippen molar-refractivity contribution >= 4 is 11.6 Å². The standard InChI is InChI=1S/C24H20F3NO2/c1-17-13-15-21(16-14-17)29-22(24(25,26)27)18(2)23(28-19-9-5-3-6-10-19)30-20-11-7-4-8-12-20/h3-16H,1-2H3. The van der Waals surface area contributed by atoms with Gasteiger partial charge in [0, 0.05) is 0 Å². The maximum atomic E-state index is 13.9. The molecule has 0 saturated heterocycles. The highest BCUT2D eigenvalue weighted by molar-refractivity contribution is 5.97. The van der Waals surface area contributed by atoms with Gasteiger partial charge in [-0.05, 0) is 50.2 Å². The van der Waals surface area contributed by atoms with Gasteiger partial charge in [-0.1, -0.05) is 54.1 Å². The molecule has 0 saturated carbocycles. The molecule has 0 atom stereocenters. The number of allylic oxidation sites excluding steroid dienone is 1. The number of alkyl halides is 3. The van der Waals surface area contributed by atoms with Crippen molar-refractivity contribution in [2.24, 2.45) is 4.99 Å². The van der Waals surface area contributed by atoms with E-state index in [-0.39, 0.29) is 17.2 Å². The van der Waals surface area contributed by atoms with Crippen molar-refractivity contribution in [3.63, 3.8) is 0 Å². The number of aliphatic imine (C=N–C) groups is 1. The molecule has 0 bridgehead atoms. The zero-order valence-corrected chi connectivity index (χ0v) is 16.5. The van der Waals surface area contributed by atoms with Crippen LogP contribution in [0, 0.1) is 6.92 Å². The zero-order chi connectivity index (χ0) is 21.6. The topological polar surface area (TPSA) is 30.8 Å². The maximum absolute atomic E-state index is 13.9. The molecule has 0 aliphatic rings. The Balaban J connectivity index is 2.07. The highest BCUT2D eigenvalue weighted by Gasteiger charge is 2.40. The van der Waals surface area contributed by atoms with E-state index in [4.69, 9.17) is 9.47 Å². The number of para-hydroxylation sites is 2. The van der Waals surface area contributed by atoms with Crippen LogP contribution in [0.4, 0.5) is 18.9 Å². The summed E-state index contributed by atoms with van der Waals surface area (Å²) in [6.45, 7) is 3.12. The monoisotopic (exact) mass is 411 g/mol. The van der Waals surface area contributed by atoms with E-state index < -0.39 is 11.9 Å². The lowest BCUT2D eigenvalue weighted by atomic mass is 10.2. The second kappa shape index (κ2) is 9.31. The SMILES string of the molecule is CC(C(=Nc1ccccc1)Oc1ccccc1)=C(Oc1ccc(C)cc1)C(F)(F)F. The molecule has 0 spiro atoms. The molecular weight excluding hydrogens is 391 g/mol. The molecule has 0 amide bonds. The van der Waals surface area contributed by atoms with Crippen LogP contribution in [-0.2, 0) is 0 Å². The second-order valence-corrected chi connectivity index (χ2v) is 6.53. The van der Waals surface area contributed by atoms with Gasteiger partial charge in [-0.2, -0.15) is 13.2 Å². The van der Waals surface area contributed by atoms with Crippen LogP contribution in [0.1, 0.15) is 12.5 Å². The molecule has 0 heterocycles. The van der Waals surface area contributed by atoms with Gasteiger partial charge in [-0.15, -0.1) is 0 Å². The molecule has 154 valence electrons. The van der Waals surface area contributed by atoms with Gasteiger partial charge in [0.25, 0.3) is 0 Å². The van der Waals surface area contributed by atoms with Crippen molar-refractivity contribution in [2.45, 2.75) is 20.0 Å². The van der Waals surface area contributed by atoms with Gasteiger partial charge >= 0.3 is 6.18 Å². The number of ether oxygens (including phenoxy) is 2. The number of rotatable bonds is 5. The van der Waals surface area contributed by atoms with E-state index in [1.54, 1.807) is 72.8 Å². The third-order valence-electron chi connectivity index (χ3n) is 4.10. The second-order valence-electron chi connectivity index (χ2n) is 6.53. The quantitative estimate of drug-likeness (QED) is 0.257. The molecule has 0 aromatic heterocycles. The number of benzene rings is 3. The van der Waals surface area contributed by atoms with E-state index in [0.29, 0.717) is 11.4 Å². The Morgan fingerprint density at radius 1 is 0.733 bits per heavy atom. The molecule has 3 aromatic carbocycles. The molecule has 0 unspecified atom stereocenters. The van der Waals surface area contributed by atoms with Crippen LogP contribution >= 0.6 is 0 Å². The summed E-state index contributed by atoms with van der Waals surface area (Å²) >= 11 is 0. The summed E-state index contributed by atoms with van der Waals surface area (Å²) in [5, 5.41) is 0. The normalized spacial score (nSPS) is 12.9.